The summed E-state index contributed by atoms with van der Waals surface area (Å²) in [7, 11) is 1.70. The van der Waals surface area contributed by atoms with Crippen molar-refractivity contribution in [3.05, 3.63) is 29.3 Å². The fourth-order valence-electron chi connectivity index (χ4n) is 3.04. The smallest absolute Gasteiger partial charge is 0.273 e. The van der Waals surface area contributed by atoms with Gasteiger partial charge in [0.15, 0.2) is 0 Å². The summed E-state index contributed by atoms with van der Waals surface area (Å²) >= 11 is 3.10. The van der Waals surface area contributed by atoms with Crippen LogP contribution in [0.25, 0.3) is 0 Å². The van der Waals surface area contributed by atoms with Crippen LogP contribution in [-0.4, -0.2) is 58.4 Å². The van der Waals surface area contributed by atoms with Gasteiger partial charge in [-0.15, -0.1) is 11.3 Å². The third-order valence-electron chi connectivity index (χ3n) is 4.23. The Labute approximate surface area is 150 Å². The number of rotatable bonds is 6. The van der Waals surface area contributed by atoms with Crippen molar-refractivity contribution >= 4 is 29.0 Å². The number of thiazole rings is 1. The van der Waals surface area contributed by atoms with E-state index in [9.17, 15) is 4.79 Å². The van der Waals surface area contributed by atoms with Crippen LogP contribution >= 0.6 is 23.1 Å². The van der Waals surface area contributed by atoms with Gasteiger partial charge in [-0.25, -0.2) is 9.97 Å². The van der Waals surface area contributed by atoms with Crippen LogP contribution in [0.3, 0.4) is 0 Å². The van der Waals surface area contributed by atoms with Gasteiger partial charge in [0.25, 0.3) is 5.91 Å². The van der Waals surface area contributed by atoms with Crippen LogP contribution in [0.15, 0.2) is 22.1 Å². The normalized spacial score (nSPS) is 18.1. The number of carbonyl (C=O) groups excluding carboxylic acids is 1. The molecular weight excluding hydrogens is 344 g/mol. The van der Waals surface area contributed by atoms with Crippen molar-refractivity contribution in [2.75, 3.05) is 33.1 Å². The van der Waals surface area contributed by atoms with Crippen LogP contribution in [0, 0.1) is 0 Å². The molecule has 130 valence electrons. The van der Waals surface area contributed by atoms with Gasteiger partial charge in [-0.1, -0.05) is 11.8 Å². The molecule has 1 aliphatic rings. The average molecular weight is 367 g/mol. The Kier molecular flexibility index (Phi) is 5.91. The van der Waals surface area contributed by atoms with Crippen LogP contribution in [0.4, 0.5) is 0 Å². The minimum absolute atomic E-state index is 0.0336. The zero-order chi connectivity index (χ0) is 16.9. The van der Waals surface area contributed by atoms with Crippen LogP contribution in [0.5, 0.6) is 0 Å². The van der Waals surface area contributed by atoms with Crippen molar-refractivity contribution in [3.8, 4) is 0 Å². The van der Waals surface area contributed by atoms with Gasteiger partial charge in [0.1, 0.15) is 15.9 Å². The molecule has 1 amide bonds. The van der Waals surface area contributed by atoms with Gasteiger partial charge in [-0.2, -0.15) is 0 Å². The molecule has 1 saturated heterocycles. The molecule has 0 aromatic carbocycles. The Morgan fingerprint density at radius 2 is 2.42 bits per heavy atom. The summed E-state index contributed by atoms with van der Waals surface area (Å²) in [4.78, 5) is 23.6. The lowest BCUT2D eigenvalue weighted by molar-refractivity contribution is 0.0697. The predicted molar refractivity (Wildman–Crippen MR) is 95.9 cm³/mol. The second kappa shape index (κ2) is 8.13. The van der Waals surface area contributed by atoms with Crippen LogP contribution < -0.4 is 0 Å². The van der Waals surface area contributed by atoms with E-state index in [2.05, 4.69) is 14.5 Å². The fraction of sp³-hybridized carbons (Fsp3) is 0.562. The molecule has 2 aromatic rings. The third kappa shape index (κ3) is 3.81. The Hall–Kier alpha value is -1.38. The number of likely N-dealkylation sites (tertiary alicyclic amines) is 1. The van der Waals surface area contributed by atoms with Gasteiger partial charge in [0.2, 0.25) is 0 Å². The number of piperidine rings is 1. The van der Waals surface area contributed by atoms with E-state index in [0.717, 1.165) is 36.1 Å². The Bertz CT molecular complexity index is 685. The number of amides is 1. The lowest BCUT2D eigenvalue weighted by Gasteiger charge is -2.32. The molecule has 2 aromatic heterocycles. The monoisotopic (exact) mass is 366 g/mol. The topological polar surface area (TPSA) is 60.2 Å². The SMILES string of the molecule is COCCn1ccnc1[C@@H]1CCCN(C(=O)c2csc(SC)n2)C1. The van der Waals surface area contributed by atoms with Crippen molar-refractivity contribution in [2.45, 2.75) is 29.6 Å². The molecule has 0 saturated carbocycles. The second-order valence-corrected chi connectivity index (χ2v) is 7.68. The second-order valence-electron chi connectivity index (χ2n) is 5.76. The first kappa shape index (κ1) is 17.4. The van der Waals surface area contributed by atoms with Gasteiger partial charge in [-0.3, -0.25) is 4.79 Å². The van der Waals surface area contributed by atoms with E-state index in [4.69, 9.17) is 4.74 Å². The van der Waals surface area contributed by atoms with Gasteiger partial charge in [0.05, 0.1) is 6.61 Å². The summed E-state index contributed by atoms with van der Waals surface area (Å²) in [6.07, 6.45) is 7.84. The number of hydrogen-bond donors (Lipinski definition) is 0. The van der Waals surface area contributed by atoms with E-state index >= 15 is 0 Å². The molecule has 3 rings (SSSR count). The fourth-order valence-corrected chi connectivity index (χ4v) is 4.28. The summed E-state index contributed by atoms with van der Waals surface area (Å²) in [5.74, 6) is 1.35. The first-order chi connectivity index (χ1) is 11.7. The Morgan fingerprint density at radius 1 is 1.54 bits per heavy atom. The number of nitrogens with zero attached hydrogens (tertiary/aromatic N) is 4. The molecule has 1 fully saturated rings. The molecule has 0 radical (unpaired) electrons. The lowest BCUT2D eigenvalue weighted by atomic mass is 9.97. The minimum atomic E-state index is 0.0336. The van der Waals surface area contributed by atoms with E-state index in [1.54, 1.807) is 18.9 Å². The third-order valence-corrected chi connectivity index (χ3v) is 6.10. The molecule has 8 heteroatoms. The van der Waals surface area contributed by atoms with Crippen molar-refractivity contribution in [3.63, 3.8) is 0 Å². The highest BCUT2D eigenvalue weighted by Gasteiger charge is 2.28. The van der Waals surface area contributed by atoms with E-state index < -0.39 is 0 Å². The summed E-state index contributed by atoms with van der Waals surface area (Å²) in [6, 6.07) is 0. The molecule has 0 spiro atoms. The van der Waals surface area contributed by atoms with E-state index in [-0.39, 0.29) is 11.8 Å². The van der Waals surface area contributed by atoms with Crippen molar-refractivity contribution in [1.29, 1.82) is 0 Å². The van der Waals surface area contributed by atoms with Gasteiger partial charge in [-0.05, 0) is 19.1 Å². The first-order valence-electron chi connectivity index (χ1n) is 8.01. The molecule has 1 aliphatic heterocycles. The largest absolute Gasteiger partial charge is 0.383 e. The molecule has 0 bridgehead atoms. The number of thioether (sulfide) groups is 1. The molecule has 0 N–H and O–H groups in total. The summed E-state index contributed by atoms with van der Waals surface area (Å²) in [6.45, 7) is 2.95. The lowest BCUT2D eigenvalue weighted by Crippen LogP contribution is -2.40. The molecule has 0 aliphatic carbocycles. The standard InChI is InChI=1S/C16H22N4O2S2/c1-22-9-8-19-7-5-17-14(19)12-4-3-6-20(10-12)15(21)13-11-24-16(18-13)23-2/h5,7,11-12H,3-4,6,8-10H2,1-2H3/t12-/m1/s1. The average Bonchev–Trinajstić information content (AvgIpc) is 3.28. The zero-order valence-electron chi connectivity index (χ0n) is 14.0. The quantitative estimate of drug-likeness (QED) is 0.736. The van der Waals surface area contributed by atoms with Crippen LogP contribution in [-0.2, 0) is 11.3 Å². The van der Waals surface area contributed by atoms with E-state index in [1.165, 1.54) is 11.3 Å². The molecule has 6 nitrogen and oxygen atoms in total. The molecule has 24 heavy (non-hydrogen) atoms. The first-order valence-corrected chi connectivity index (χ1v) is 10.1. The highest BCUT2D eigenvalue weighted by molar-refractivity contribution is 8.00. The summed E-state index contributed by atoms with van der Waals surface area (Å²) < 4.78 is 8.23. The number of carbonyl (C=O) groups is 1. The molecule has 1 atom stereocenters. The number of hydrogen-bond acceptors (Lipinski definition) is 6. The predicted octanol–water partition coefficient (Wildman–Crippen LogP) is 2.73. The van der Waals surface area contributed by atoms with Gasteiger partial charge >= 0.3 is 0 Å². The Balaban J connectivity index is 1.70. The molecule has 0 unspecified atom stereocenters. The maximum Gasteiger partial charge on any atom is 0.273 e. The number of ether oxygens (including phenoxy) is 1. The van der Waals surface area contributed by atoms with Crippen LogP contribution in [0.2, 0.25) is 0 Å². The summed E-state index contributed by atoms with van der Waals surface area (Å²) in [5.41, 5.74) is 0.563. The number of methoxy groups -OCH3 is 1. The maximum absolute atomic E-state index is 12.7. The number of aromatic nitrogens is 3. The van der Waals surface area contributed by atoms with Crippen molar-refractivity contribution in [1.82, 2.24) is 19.4 Å². The number of imidazole rings is 1. The van der Waals surface area contributed by atoms with Crippen molar-refractivity contribution < 1.29 is 9.53 Å². The van der Waals surface area contributed by atoms with E-state index in [0.29, 0.717) is 18.8 Å². The van der Waals surface area contributed by atoms with Gasteiger partial charge < -0.3 is 14.2 Å². The highest BCUT2D eigenvalue weighted by atomic mass is 32.2. The maximum atomic E-state index is 12.7. The highest BCUT2D eigenvalue weighted by Crippen LogP contribution is 2.28. The van der Waals surface area contributed by atoms with Crippen LogP contribution in [0.1, 0.15) is 35.1 Å². The van der Waals surface area contributed by atoms with Crippen molar-refractivity contribution in [2.24, 2.45) is 0 Å². The van der Waals surface area contributed by atoms with Gasteiger partial charge in [0, 0.05) is 50.4 Å². The Morgan fingerprint density at radius 3 is 3.17 bits per heavy atom. The minimum Gasteiger partial charge on any atom is -0.383 e. The molecular formula is C16H22N4O2S2. The molecule has 3 heterocycles. The van der Waals surface area contributed by atoms with E-state index in [1.807, 2.05) is 28.9 Å². The summed E-state index contributed by atoms with van der Waals surface area (Å²) in [5, 5.41) is 1.86. The zero-order valence-corrected chi connectivity index (χ0v) is 15.6.